The monoisotopic (exact) mass is 263 g/mol. The second-order valence-corrected chi connectivity index (χ2v) is 5.59. The summed E-state index contributed by atoms with van der Waals surface area (Å²) in [4.78, 5) is 2.43. The van der Waals surface area contributed by atoms with Gasteiger partial charge in [-0.15, -0.1) is 0 Å². The fourth-order valence-corrected chi connectivity index (χ4v) is 2.64. The number of benzene rings is 1. The second kappa shape index (κ2) is 6.92. The maximum atomic E-state index is 9.11. The smallest absolute Gasteiger partial charge is 0.122 e. The lowest BCUT2D eigenvalue weighted by Crippen LogP contribution is -2.37. The molecule has 0 atom stereocenters. The summed E-state index contributed by atoms with van der Waals surface area (Å²) in [6.07, 6.45) is 2.22. The van der Waals surface area contributed by atoms with Crippen LogP contribution in [0.15, 0.2) is 18.2 Å². The molecule has 1 heterocycles. The molecule has 19 heavy (non-hydrogen) atoms. The Labute approximate surface area is 116 Å². The number of hydrogen-bond donors (Lipinski definition) is 1. The third-order valence-corrected chi connectivity index (χ3v) is 3.96. The van der Waals surface area contributed by atoms with Crippen molar-refractivity contribution in [2.24, 2.45) is 5.92 Å². The summed E-state index contributed by atoms with van der Waals surface area (Å²) in [6, 6.07) is 6.31. The molecule has 0 amide bonds. The molecule has 3 heteroatoms. The molecule has 0 unspecified atom stereocenters. The number of aryl methyl sites for hydroxylation is 2. The van der Waals surface area contributed by atoms with Crippen LogP contribution in [0.25, 0.3) is 0 Å². The van der Waals surface area contributed by atoms with Crippen LogP contribution in [0.5, 0.6) is 5.75 Å². The Kier molecular flexibility index (Phi) is 5.23. The molecule has 1 saturated heterocycles. The highest BCUT2D eigenvalue weighted by Gasteiger charge is 2.17. The van der Waals surface area contributed by atoms with Gasteiger partial charge in [-0.3, -0.25) is 4.90 Å². The third-order valence-electron chi connectivity index (χ3n) is 3.96. The van der Waals surface area contributed by atoms with Gasteiger partial charge in [0.1, 0.15) is 12.4 Å². The maximum absolute atomic E-state index is 9.11. The third kappa shape index (κ3) is 4.22. The zero-order chi connectivity index (χ0) is 13.7. The Morgan fingerprint density at radius 2 is 2.00 bits per heavy atom. The number of rotatable bonds is 5. The highest BCUT2D eigenvalue weighted by Crippen LogP contribution is 2.19. The molecule has 0 bridgehead atoms. The lowest BCUT2D eigenvalue weighted by molar-refractivity contribution is 0.118. The van der Waals surface area contributed by atoms with E-state index in [0.717, 1.165) is 44.8 Å². The normalized spacial score (nSPS) is 17.6. The van der Waals surface area contributed by atoms with Crippen LogP contribution in [0, 0.1) is 19.8 Å². The molecule has 1 aliphatic rings. The van der Waals surface area contributed by atoms with Crippen molar-refractivity contribution in [2.45, 2.75) is 26.7 Å². The fraction of sp³-hybridized carbons (Fsp3) is 0.625. The van der Waals surface area contributed by atoms with Gasteiger partial charge in [0.15, 0.2) is 0 Å². The van der Waals surface area contributed by atoms with Gasteiger partial charge in [0.05, 0.1) is 0 Å². The van der Waals surface area contributed by atoms with E-state index in [-0.39, 0.29) is 0 Å². The van der Waals surface area contributed by atoms with Gasteiger partial charge in [-0.25, -0.2) is 0 Å². The van der Waals surface area contributed by atoms with Gasteiger partial charge in [0.2, 0.25) is 0 Å². The van der Waals surface area contributed by atoms with Crippen molar-refractivity contribution in [2.75, 3.05) is 32.8 Å². The summed E-state index contributed by atoms with van der Waals surface area (Å²) in [5.41, 5.74) is 2.48. The Morgan fingerprint density at radius 3 is 2.63 bits per heavy atom. The lowest BCUT2D eigenvalue weighted by atomic mass is 9.98. The first kappa shape index (κ1) is 14.4. The van der Waals surface area contributed by atoms with E-state index in [0.29, 0.717) is 12.5 Å². The van der Waals surface area contributed by atoms with Crippen molar-refractivity contribution in [3.8, 4) is 5.75 Å². The predicted molar refractivity (Wildman–Crippen MR) is 77.7 cm³/mol. The molecule has 0 aromatic heterocycles. The second-order valence-electron chi connectivity index (χ2n) is 5.59. The summed E-state index contributed by atoms with van der Waals surface area (Å²) in [5, 5.41) is 9.11. The minimum absolute atomic E-state index is 0.340. The lowest BCUT2D eigenvalue weighted by Gasteiger charge is -2.30. The summed E-state index contributed by atoms with van der Waals surface area (Å²) < 4.78 is 5.86. The molecule has 1 N–H and O–H groups in total. The Morgan fingerprint density at radius 1 is 1.26 bits per heavy atom. The van der Waals surface area contributed by atoms with Crippen molar-refractivity contribution >= 4 is 0 Å². The summed E-state index contributed by atoms with van der Waals surface area (Å²) >= 11 is 0. The molecule has 0 aliphatic carbocycles. The average molecular weight is 263 g/mol. The molecular formula is C16H25NO2. The Balaban J connectivity index is 1.72. The summed E-state index contributed by atoms with van der Waals surface area (Å²) in [7, 11) is 0. The van der Waals surface area contributed by atoms with Crippen LogP contribution < -0.4 is 4.74 Å². The van der Waals surface area contributed by atoms with E-state index in [4.69, 9.17) is 9.84 Å². The highest BCUT2D eigenvalue weighted by molar-refractivity contribution is 5.35. The standard InChI is InChI=1S/C16H25NO2/c1-13-3-4-16(14(2)11-13)19-10-9-17-7-5-15(12-18)6-8-17/h3-4,11,15,18H,5-10,12H2,1-2H3. The maximum Gasteiger partial charge on any atom is 0.122 e. The van der Waals surface area contributed by atoms with E-state index in [1.807, 2.05) is 0 Å². The van der Waals surface area contributed by atoms with Crippen molar-refractivity contribution in [3.63, 3.8) is 0 Å². The molecule has 106 valence electrons. The quantitative estimate of drug-likeness (QED) is 0.885. The fourth-order valence-electron chi connectivity index (χ4n) is 2.64. The molecule has 1 aromatic carbocycles. The molecule has 3 nitrogen and oxygen atoms in total. The molecule has 0 spiro atoms. The van der Waals surface area contributed by atoms with Crippen LogP contribution in [0.2, 0.25) is 0 Å². The molecular weight excluding hydrogens is 238 g/mol. The van der Waals surface area contributed by atoms with Crippen LogP contribution in [-0.4, -0.2) is 42.9 Å². The Hall–Kier alpha value is -1.06. The molecule has 2 rings (SSSR count). The van der Waals surface area contributed by atoms with Crippen LogP contribution in [0.4, 0.5) is 0 Å². The predicted octanol–water partition coefficient (Wildman–Crippen LogP) is 2.39. The molecule has 1 aromatic rings. The number of ether oxygens (including phenoxy) is 1. The van der Waals surface area contributed by atoms with E-state index in [1.54, 1.807) is 0 Å². The van der Waals surface area contributed by atoms with Gasteiger partial charge >= 0.3 is 0 Å². The van der Waals surface area contributed by atoms with Crippen molar-refractivity contribution in [3.05, 3.63) is 29.3 Å². The van der Waals surface area contributed by atoms with Gasteiger partial charge < -0.3 is 9.84 Å². The average Bonchev–Trinajstić information content (AvgIpc) is 2.42. The van der Waals surface area contributed by atoms with Crippen molar-refractivity contribution < 1.29 is 9.84 Å². The van der Waals surface area contributed by atoms with E-state index in [1.165, 1.54) is 11.1 Å². The van der Waals surface area contributed by atoms with Crippen LogP contribution in [0.3, 0.4) is 0 Å². The van der Waals surface area contributed by atoms with E-state index in [9.17, 15) is 0 Å². The number of likely N-dealkylation sites (tertiary alicyclic amines) is 1. The largest absolute Gasteiger partial charge is 0.492 e. The molecule has 1 fully saturated rings. The van der Waals surface area contributed by atoms with Gasteiger partial charge in [-0.05, 0) is 57.3 Å². The van der Waals surface area contributed by atoms with Gasteiger partial charge in [0, 0.05) is 13.2 Å². The zero-order valence-electron chi connectivity index (χ0n) is 12.1. The zero-order valence-corrected chi connectivity index (χ0v) is 12.1. The first-order valence-electron chi connectivity index (χ1n) is 7.22. The summed E-state index contributed by atoms with van der Waals surface area (Å²) in [6.45, 7) is 8.42. The topological polar surface area (TPSA) is 32.7 Å². The number of aliphatic hydroxyl groups excluding tert-OH is 1. The number of aliphatic hydroxyl groups is 1. The van der Waals surface area contributed by atoms with Gasteiger partial charge in [-0.1, -0.05) is 17.7 Å². The minimum Gasteiger partial charge on any atom is -0.492 e. The first-order valence-corrected chi connectivity index (χ1v) is 7.22. The first-order chi connectivity index (χ1) is 9.19. The van der Waals surface area contributed by atoms with E-state index >= 15 is 0 Å². The number of hydrogen-bond acceptors (Lipinski definition) is 3. The van der Waals surface area contributed by atoms with Crippen molar-refractivity contribution in [1.82, 2.24) is 4.90 Å². The minimum atomic E-state index is 0.340. The highest BCUT2D eigenvalue weighted by atomic mass is 16.5. The van der Waals surface area contributed by atoms with Crippen molar-refractivity contribution in [1.29, 1.82) is 0 Å². The van der Waals surface area contributed by atoms with Crippen LogP contribution in [0.1, 0.15) is 24.0 Å². The Bertz CT molecular complexity index is 398. The van der Waals surface area contributed by atoms with Crippen LogP contribution in [-0.2, 0) is 0 Å². The number of piperidine rings is 1. The SMILES string of the molecule is Cc1ccc(OCCN2CCC(CO)CC2)c(C)c1. The van der Waals surface area contributed by atoms with Crippen LogP contribution >= 0.6 is 0 Å². The summed E-state index contributed by atoms with van der Waals surface area (Å²) in [5.74, 6) is 1.51. The molecule has 0 radical (unpaired) electrons. The van der Waals surface area contributed by atoms with E-state index in [2.05, 4.69) is 36.9 Å². The van der Waals surface area contributed by atoms with Gasteiger partial charge in [0.25, 0.3) is 0 Å². The van der Waals surface area contributed by atoms with Gasteiger partial charge in [-0.2, -0.15) is 0 Å². The van der Waals surface area contributed by atoms with E-state index < -0.39 is 0 Å². The molecule has 1 aliphatic heterocycles. The number of nitrogens with zero attached hydrogens (tertiary/aromatic N) is 1. The molecule has 0 saturated carbocycles.